The van der Waals surface area contributed by atoms with Crippen molar-refractivity contribution in [3.8, 4) is 11.8 Å². The molecule has 1 aliphatic rings. The minimum atomic E-state index is -0.509. The molecular formula is C14H18N2O2S. The number of hydrogen-bond donors (Lipinski definition) is 1. The summed E-state index contributed by atoms with van der Waals surface area (Å²) in [5.74, 6) is 6.88. The number of aromatic nitrogens is 1. The van der Waals surface area contributed by atoms with Gasteiger partial charge in [-0.2, -0.15) is 0 Å². The van der Waals surface area contributed by atoms with E-state index in [1.54, 1.807) is 0 Å². The Hall–Kier alpha value is -1.54. The van der Waals surface area contributed by atoms with Crippen LogP contribution in [-0.4, -0.2) is 16.7 Å². The van der Waals surface area contributed by atoms with E-state index in [2.05, 4.69) is 22.1 Å². The second-order valence-electron chi connectivity index (χ2n) is 5.60. The quantitative estimate of drug-likeness (QED) is 0.799. The Kier molecular flexibility index (Phi) is 3.81. The number of rotatable bonds is 1. The number of anilines is 1. The fourth-order valence-electron chi connectivity index (χ4n) is 1.35. The lowest BCUT2D eigenvalue weighted by Gasteiger charge is -2.18. The Morgan fingerprint density at radius 1 is 1.47 bits per heavy atom. The van der Waals surface area contributed by atoms with Gasteiger partial charge < -0.3 is 4.74 Å². The van der Waals surface area contributed by atoms with Gasteiger partial charge in [-0.1, -0.05) is 23.2 Å². The summed E-state index contributed by atoms with van der Waals surface area (Å²) in [6, 6.07) is 0. The molecule has 1 saturated carbocycles. The zero-order chi connectivity index (χ0) is 14.0. The third kappa shape index (κ3) is 4.56. The summed E-state index contributed by atoms with van der Waals surface area (Å²) in [5, 5.41) is 3.18. The van der Waals surface area contributed by atoms with Gasteiger partial charge in [-0.25, -0.2) is 9.78 Å². The van der Waals surface area contributed by atoms with Crippen molar-refractivity contribution in [2.75, 3.05) is 5.32 Å². The second kappa shape index (κ2) is 5.22. The van der Waals surface area contributed by atoms with E-state index in [0.717, 1.165) is 10.6 Å². The van der Waals surface area contributed by atoms with Crippen molar-refractivity contribution in [1.29, 1.82) is 0 Å². The van der Waals surface area contributed by atoms with Gasteiger partial charge in [0.15, 0.2) is 5.13 Å². The lowest BCUT2D eigenvalue weighted by atomic mass is 10.2. The fourth-order valence-corrected chi connectivity index (χ4v) is 2.17. The van der Waals surface area contributed by atoms with Crippen molar-refractivity contribution in [3.63, 3.8) is 0 Å². The van der Waals surface area contributed by atoms with Crippen molar-refractivity contribution in [2.24, 2.45) is 5.92 Å². The van der Waals surface area contributed by atoms with Crippen LogP contribution in [0.4, 0.5) is 9.93 Å². The van der Waals surface area contributed by atoms with Gasteiger partial charge in [0, 0.05) is 5.92 Å². The number of hydrogen-bond acceptors (Lipinski definition) is 4. The van der Waals surface area contributed by atoms with Crippen LogP contribution >= 0.6 is 11.3 Å². The third-order valence-corrected chi connectivity index (χ3v) is 3.36. The SMILES string of the molecule is Cc1nc(NC(=O)OC(C)(C)C)sc1C#CC1CC1. The maximum atomic E-state index is 11.6. The third-order valence-electron chi connectivity index (χ3n) is 2.37. The molecule has 0 aliphatic heterocycles. The van der Waals surface area contributed by atoms with Crippen LogP contribution in [0.15, 0.2) is 0 Å². The highest BCUT2D eigenvalue weighted by Gasteiger charge is 2.19. The van der Waals surface area contributed by atoms with E-state index >= 15 is 0 Å². The van der Waals surface area contributed by atoms with E-state index in [0.29, 0.717) is 11.0 Å². The molecule has 1 N–H and O–H groups in total. The number of carbonyl (C=O) groups excluding carboxylic acids is 1. The maximum absolute atomic E-state index is 11.6. The summed E-state index contributed by atoms with van der Waals surface area (Å²) in [4.78, 5) is 16.8. The topological polar surface area (TPSA) is 51.2 Å². The summed E-state index contributed by atoms with van der Waals surface area (Å²) in [6.07, 6.45) is 1.92. The highest BCUT2D eigenvalue weighted by molar-refractivity contribution is 7.16. The number of amides is 1. The van der Waals surface area contributed by atoms with Crippen LogP contribution in [0.3, 0.4) is 0 Å². The Bertz CT molecular complexity index is 542. The van der Waals surface area contributed by atoms with Crippen molar-refractivity contribution >= 4 is 22.6 Å². The summed E-state index contributed by atoms with van der Waals surface area (Å²) in [5.41, 5.74) is 0.342. The van der Waals surface area contributed by atoms with E-state index < -0.39 is 11.7 Å². The maximum Gasteiger partial charge on any atom is 0.413 e. The minimum Gasteiger partial charge on any atom is -0.444 e. The normalized spacial score (nSPS) is 14.5. The van der Waals surface area contributed by atoms with Crippen LogP contribution in [0.5, 0.6) is 0 Å². The monoisotopic (exact) mass is 278 g/mol. The molecule has 0 spiro atoms. The predicted molar refractivity (Wildman–Crippen MR) is 76.3 cm³/mol. The molecule has 2 rings (SSSR count). The first-order chi connectivity index (χ1) is 8.83. The van der Waals surface area contributed by atoms with Crippen LogP contribution in [0.1, 0.15) is 44.2 Å². The lowest BCUT2D eigenvalue weighted by Crippen LogP contribution is -2.27. The van der Waals surface area contributed by atoms with Crippen molar-refractivity contribution < 1.29 is 9.53 Å². The number of nitrogens with zero attached hydrogens (tertiary/aromatic N) is 1. The number of thiazole rings is 1. The molecule has 19 heavy (non-hydrogen) atoms. The van der Waals surface area contributed by atoms with Gasteiger partial charge in [0.25, 0.3) is 0 Å². The standard InChI is InChI=1S/C14H18N2O2S/c1-9-11(8-7-10-5-6-10)19-12(15-9)16-13(17)18-14(2,3)4/h10H,5-6H2,1-4H3,(H,15,16,17). The van der Waals surface area contributed by atoms with E-state index in [9.17, 15) is 4.79 Å². The molecule has 1 aliphatic carbocycles. The van der Waals surface area contributed by atoms with E-state index in [1.165, 1.54) is 24.2 Å². The van der Waals surface area contributed by atoms with Crippen LogP contribution in [0.25, 0.3) is 0 Å². The Morgan fingerprint density at radius 3 is 2.74 bits per heavy atom. The largest absolute Gasteiger partial charge is 0.444 e. The Balaban J connectivity index is 2.00. The lowest BCUT2D eigenvalue weighted by molar-refractivity contribution is 0.0636. The first-order valence-corrected chi connectivity index (χ1v) is 7.14. The van der Waals surface area contributed by atoms with Crippen LogP contribution < -0.4 is 5.32 Å². The van der Waals surface area contributed by atoms with E-state index in [4.69, 9.17) is 4.74 Å². The molecular weight excluding hydrogens is 260 g/mol. The van der Waals surface area contributed by atoms with E-state index in [1.807, 2.05) is 27.7 Å². The number of nitrogens with one attached hydrogen (secondary N) is 1. The van der Waals surface area contributed by atoms with Gasteiger partial charge in [-0.3, -0.25) is 5.32 Å². The number of carbonyl (C=O) groups is 1. The fraction of sp³-hybridized carbons (Fsp3) is 0.571. The van der Waals surface area contributed by atoms with Gasteiger partial charge in [0.05, 0.1) is 5.69 Å². The minimum absolute atomic E-state index is 0.483. The molecule has 102 valence electrons. The highest BCUT2D eigenvalue weighted by atomic mass is 32.1. The zero-order valence-electron chi connectivity index (χ0n) is 11.7. The molecule has 0 radical (unpaired) electrons. The number of ether oxygens (including phenoxy) is 1. The van der Waals surface area contributed by atoms with E-state index in [-0.39, 0.29) is 0 Å². The predicted octanol–water partition coefficient (Wildman–Crippen LogP) is 3.56. The molecule has 1 amide bonds. The van der Waals surface area contributed by atoms with Crippen LogP contribution in [0.2, 0.25) is 0 Å². The molecule has 0 unspecified atom stereocenters. The molecule has 1 aromatic heterocycles. The molecule has 0 atom stereocenters. The first-order valence-electron chi connectivity index (χ1n) is 6.32. The molecule has 0 saturated heterocycles. The smallest absolute Gasteiger partial charge is 0.413 e. The summed E-state index contributed by atoms with van der Waals surface area (Å²) < 4.78 is 5.18. The van der Waals surface area contributed by atoms with Crippen molar-refractivity contribution in [1.82, 2.24) is 4.98 Å². The Morgan fingerprint density at radius 2 is 2.16 bits per heavy atom. The molecule has 1 aromatic rings. The Labute approximate surface area is 117 Å². The van der Waals surface area contributed by atoms with Gasteiger partial charge in [-0.15, -0.1) is 0 Å². The molecule has 1 fully saturated rings. The molecule has 4 nitrogen and oxygen atoms in total. The number of aryl methyl sites for hydroxylation is 1. The van der Waals surface area contributed by atoms with Crippen LogP contribution in [-0.2, 0) is 4.74 Å². The average Bonchev–Trinajstić information content (AvgIpc) is 2.99. The van der Waals surface area contributed by atoms with Gasteiger partial charge >= 0.3 is 6.09 Å². The molecule has 1 heterocycles. The first kappa shape index (κ1) is 13.9. The summed E-state index contributed by atoms with van der Waals surface area (Å²) in [7, 11) is 0. The van der Waals surface area contributed by atoms with Gasteiger partial charge in [0.1, 0.15) is 10.5 Å². The zero-order valence-corrected chi connectivity index (χ0v) is 12.5. The van der Waals surface area contributed by atoms with Crippen molar-refractivity contribution in [3.05, 3.63) is 10.6 Å². The summed E-state index contributed by atoms with van der Waals surface area (Å²) >= 11 is 1.39. The van der Waals surface area contributed by atoms with Crippen LogP contribution in [0, 0.1) is 24.7 Å². The van der Waals surface area contributed by atoms with Gasteiger partial charge in [0.2, 0.25) is 0 Å². The van der Waals surface area contributed by atoms with Crippen molar-refractivity contribution in [2.45, 2.75) is 46.1 Å². The molecule has 0 bridgehead atoms. The van der Waals surface area contributed by atoms with Gasteiger partial charge in [-0.05, 0) is 40.5 Å². The molecule has 5 heteroatoms. The summed E-state index contributed by atoms with van der Waals surface area (Å²) in [6.45, 7) is 7.37. The average molecular weight is 278 g/mol. The molecule has 0 aromatic carbocycles. The second-order valence-corrected chi connectivity index (χ2v) is 6.60. The highest BCUT2D eigenvalue weighted by Crippen LogP contribution is 2.28.